The number of nitro groups is 1. The molecule has 126 valence electrons. The Balaban J connectivity index is 1.89. The van der Waals surface area contributed by atoms with Gasteiger partial charge >= 0.3 is 5.69 Å². The zero-order chi connectivity index (χ0) is 17.3. The van der Waals surface area contributed by atoms with E-state index in [0.29, 0.717) is 6.54 Å². The molecule has 2 N–H and O–H groups in total. The first-order valence-electron chi connectivity index (χ1n) is 7.39. The van der Waals surface area contributed by atoms with Crippen LogP contribution in [0.2, 0.25) is 0 Å². The molecule has 3 rings (SSSR count). The molecule has 0 atom stereocenters. The summed E-state index contributed by atoms with van der Waals surface area (Å²) in [5.74, 6) is 0. The maximum atomic E-state index is 11.8. The Morgan fingerprint density at radius 2 is 1.96 bits per heavy atom. The zero-order valence-electron chi connectivity index (χ0n) is 13.1. The van der Waals surface area contributed by atoms with E-state index in [9.17, 15) is 18.5 Å². The molecule has 0 amide bonds. The van der Waals surface area contributed by atoms with Crippen LogP contribution >= 0.6 is 0 Å². The van der Waals surface area contributed by atoms with Crippen molar-refractivity contribution in [1.29, 1.82) is 0 Å². The molecule has 24 heavy (non-hydrogen) atoms. The first kappa shape index (κ1) is 16.4. The van der Waals surface area contributed by atoms with Crippen LogP contribution in [0.1, 0.15) is 16.7 Å². The van der Waals surface area contributed by atoms with Gasteiger partial charge in [-0.05, 0) is 28.8 Å². The highest BCUT2D eigenvalue weighted by atomic mass is 32.2. The normalized spacial score (nSPS) is 13.5. The lowest BCUT2D eigenvalue weighted by Crippen LogP contribution is -2.08. The average Bonchev–Trinajstić information content (AvgIpc) is 2.99. The summed E-state index contributed by atoms with van der Waals surface area (Å²) in [6.07, 6.45) is 0.965. The van der Waals surface area contributed by atoms with Crippen LogP contribution in [0.5, 0.6) is 0 Å². The molecule has 0 bridgehead atoms. The van der Waals surface area contributed by atoms with Gasteiger partial charge in [-0.15, -0.1) is 0 Å². The molecule has 1 aliphatic heterocycles. The highest BCUT2D eigenvalue weighted by Crippen LogP contribution is 2.32. The fraction of sp³-hybridized carbons (Fsp3) is 0.250. The number of anilines is 1. The number of benzene rings is 2. The van der Waals surface area contributed by atoms with Crippen molar-refractivity contribution >= 4 is 21.2 Å². The minimum absolute atomic E-state index is 0.196. The van der Waals surface area contributed by atoms with Gasteiger partial charge in [0, 0.05) is 25.9 Å². The van der Waals surface area contributed by atoms with Crippen LogP contribution in [0.25, 0.3) is 0 Å². The number of hydrogen-bond acceptors (Lipinski definition) is 6. The van der Waals surface area contributed by atoms with Crippen molar-refractivity contribution in [3.8, 4) is 0 Å². The van der Waals surface area contributed by atoms with Crippen LogP contribution in [-0.4, -0.2) is 19.6 Å². The topological polar surface area (TPSA) is 101 Å². The number of nitrogens with zero attached hydrogens (tertiary/aromatic N) is 1. The number of nitro benzene ring substituents is 1. The fourth-order valence-electron chi connectivity index (χ4n) is 2.81. The summed E-state index contributed by atoms with van der Waals surface area (Å²) in [5, 5.41) is 17.6. The van der Waals surface area contributed by atoms with Gasteiger partial charge < -0.3 is 10.6 Å². The molecule has 1 aliphatic rings. The van der Waals surface area contributed by atoms with Crippen molar-refractivity contribution in [2.45, 2.75) is 24.5 Å². The first-order valence-corrected chi connectivity index (χ1v) is 9.28. The Bertz CT molecular complexity index is 910. The van der Waals surface area contributed by atoms with Crippen LogP contribution in [0, 0.1) is 10.1 Å². The monoisotopic (exact) mass is 347 g/mol. The minimum Gasteiger partial charge on any atom is -0.375 e. The van der Waals surface area contributed by atoms with E-state index < -0.39 is 20.4 Å². The largest absolute Gasteiger partial charge is 0.375 e. The number of para-hydroxylation sites is 1. The van der Waals surface area contributed by atoms with Gasteiger partial charge in [-0.2, -0.15) is 0 Å². The van der Waals surface area contributed by atoms with Crippen LogP contribution in [0.3, 0.4) is 0 Å². The molecule has 7 nitrogen and oxygen atoms in total. The van der Waals surface area contributed by atoms with Gasteiger partial charge in [0.05, 0.1) is 4.92 Å². The van der Waals surface area contributed by atoms with Gasteiger partial charge in [0.1, 0.15) is 10.6 Å². The maximum Gasteiger partial charge on any atom is 0.310 e. The predicted octanol–water partition coefficient (Wildman–Crippen LogP) is 2.21. The molecule has 0 spiro atoms. The summed E-state index contributed by atoms with van der Waals surface area (Å²) in [6, 6.07) is 10.3. The third kappa shape index (κ3) is 3.24. The number of nitrogens with one attached hydrogen (secondary N) is 2. The van der Waals surface area contributed by atoms with Gasteiger partial charge in [0.15, 0.2) is 9.84 Å². The molecule has 0 unspecified atom stereocenters. The molecule has 1 heterocycles. The molecule has 2 aromatic carbocycles. The second kappa shape index (κ2) is 6.21. The minimum atomic E-state index is -3.68. The van der Waals surface area contributed by atoms with E-state index in [2.05, 4.69) is 16.7 Å². The standard InChI is InChI=1S/C16H17N3O4S/c1-24(22,23)15-4-2-3-14(16(15)19(20)21)18-8-11-5-6-12-9-17-10-13(12)7-11/h2-7,17-18H,8-10H2,1H3. The Labute approximate surface area is 139 Å². The summed E-state index contributed by atoms with van der Waals surface area (Å²) in [4.78, 5) is 10.4. The summed E-state index contributed by atoms with van der Waals surface area (Å²) in [7, 11) is -3.68. The van der Waals surface area contributed by atoms with Crippen molar-refractivity contribution in [1.82, 2.24) is 5.32 Å². The van der Waals surface area contributed by atoms with Crippen molar-refractivity contribution in [2.75, 3.05) is 11.6 Å². The number of hydrogen-bond donors (Lipinski definition) is 2. The van der Waals surface area contributed by atoms with E-state index in [1.165, 1.54) is 29.3 Å². The van der Waals surface area contributed by atoms with Gasteiger partial charge in [0.2, 0.25) is 0 Å². The summed E-state index contributed by atoms with van der Waals surface area (Å²) in [6.45, 7) is 2.04. The van der Waals surface area contributed by atoms with Gasteiger partial charge in [0.25, 0.3) is 0 Å². The molecule has 0 radical (unpaired) electrons. The summed E-state index contributed by atoms with van der Waals surface area (Å²) >= 11 is 0. The molecular formula is C16H17N3O4S. The highest BCUT2D eigenvalue weighted by molar-refractivity contribution is 7.90. The Morgan fingerprint density at radius 1 is 1.21 bits per heavy atom. The van der Waals surface area contributed by atoms with Crippen molar-refractivity contribution in [3.05, 3.63) is 63.2 Å². The molecule has 0 saturated carbocycles. The first-order chi connectivity index (χ1) is 11.4. The van der Waals surface area contributed by atoms with Gasteiger partial charge in [-0.25, -0.2) is 8.42 Å². The fourth-order valence-corrected chi connectivity index (χ4v) is 3.67. The second-order valence-electron chi connectivity index (χ2n) is 5.74. The Hall–Kier alpha value is -2.45. The lowest BCUT2D eigenvalue weighted by molar-refractivity contribution is -0.386. The molecular weight excluding hydrogens is 330 g/mol. The predicted molar refractivity (Wildman–Crippen MR) is 90.5 cm³/mol. The van der Waals surface area contributed by atoms with E-state index >= 15 is 0 Å². The van der Waals surface area contributed by atoms with E-state index in [4.69, 9.17) is 0 Å². The summed E-state index contributed by atoms with van der Waals surface area (Å²) < 4.78 is 23.5. The molecule has 2 aromatic rings. The maximum absolute atomic E-state index is 11.8. The van der Waals surface area contributed by atoms with Crippen LogP contribution < -0.4 is 10.6 Å². The third-order valence-corrected chi connectivity index (χ3v) is 5.09. The average molecular weight is 347 g/mol. The van der Waals surface area contributed by atoms with Crippen LogP contribution in [0.15, 0.2) is 41.3 Å². The second-order valence-corrected chi connectivity index (χ2v) is 7.73. The van der Waals surface area contributed by atoms with Crippen molar-refractivity contribution in [3.63, 3.8) is 0 Å². The molecule has 0 aliphatic carbocycles. The molecule has 0 aromatic heterocycles. The third-order valence-electron chi connectivity index (χ3n) is 3.97. The number of rotatable bonds is 5. The molecule has 0 saturated heterocycles. The zero-order valence-corrected chi connectivity index (χ0v) is 13.9. The van der Waals surface area contributed by atoms with Gasteiger partial charge in [-0.1, -0.05) is 24.3 Å². The van der Waals surface area contributed by atoms with Crippen LogP contribution in [-0.2, 0) is 29.5 Å². The van der Waals surface area contributed by atoms with E-state index in [-0.39, 0.29) is 10.6 Å². The van der Waals surface area contributed by atoms with E-state index in [1.54, 1.807) is 0 Å². The lowest BCUT2D eigenvalue weighted by Gasteiger charge is -2.10. The Kier molecular flexibility index (Phi) is 4.25. The quantitative estimate of drug-likeness (QED) is 0.635. The smallest absolute Gasteiger partial charge is 0.310 e. The number of sulfone groups is 1. The van der Waals surface area contributed by atoms with Crippen molar-refractivity contribution < 1.29 is 13.3 Å². The Morgan fingerprint density at radius 3 is 2.67 bits per heavy atom. The van der Waals surface area contributed by atoms with Gasteiger partial charge in [-0.3, -0.25) is 10.1 Å². The van der Waals surface area contributed by atoms with Crippen LogP contribution in [0.4, 0.5) is 11.4 Å². The lowest BCUT2D eigenvalue weighted by atomic mass is 10.1. The van der Waals surface area contributed by atoms with E-state index in [0.717, 1.165) is 24.9 Å². The molecule has 8 heteroatoms. The molecule has 0 fully saturated rings. The number of fused-ring (bicyclic) bond motifs is 1. The highest BCUT2D eigenvalue weighted by Gasteiger charge is 2.26. The van der Waals surface area contributed by atoms with Crippen molar-refractivity contribution in [2.24, 2.45) is 0 Å². The van der Waals surface area contributed by atoms with E-state index in [1.807, 2.05) is 12.1 Å². The SMILES string of the molecule is CS(=O)(=O)c1cccc(NCc2ccc3c(c2)CNC3)c1[N+](=O)[O-]. The summed E-state index contributed by atoms with van der Waals surface area (Å²) in [5.41, 5.74) is 3.23.